The number of amides is 8. The van der Waals surface area contributed by atoms with E-state index in [9.17, 15) is 78.3 Å². The second kappa shape index (κ2) is 32.9. The van der Waals surface area contributed by atoms with E-state index in [1.54, 1.807) is 13.8 Å². The second-order valence-corrected chi connectivity index (χ2v) is 16.3. The zero-order valence-electron chi connectivity index (χ0n) is 39.2. The molecule has 0 saturated carbocycles. The number of unbranched alkanes of at least 4 members (excludes halogenated alkanes) is 1. The highest BCUT2D eigenvalue weighted by Crippen LogP contribution is 2.10. The highest BCUT2D eigenvalue weighted by molar-refractivity contribution is 5.98. The number of carbonyl (C=O) groups is 11. The number of carboxylic acids is 3. The van der Waals surface area contributed by atoms with Crippen LogP contribution in [0.4, 0.5) is 0 Å². The minimum absolute atomic E-state index is 0.0219. The third-order valence-electron chi connectivity index (χ3n) is 9.88. The molecule has 21 N–H and O–H groups in total. The first-order valence-corrected chi connectivity index (χ1v) is 22.1. The summed E-state index contributed by atoms with van der Waals surface area (Å²) in [5, 5.41) is 66.6. The summed E-state index contributed by atoms with van der Waals surface area (Å²) in [6.45, 7) is 4.52. The SMILES string of the molecule is CC(C)C[C@H](NC(=O)CN)C(=O)N[C@@H](CO)C(=O)N[C@@H](C)C(=O)N[C@@H](CCC(=O)O)C(=O)N[C@@H](CCC(=O)O)C(=O)N[C@@H](CCCCN)C(=O)N[C@@H](CCCN=C(N)N)C(=O)N[C@H](C(=O)O)[C@@H](C)O. The molecule has 0 bridgehead atoms. The molecule has 0 aromatic carbocycles. The number of carbonyl (C=O) groups excluding carboxylic acids is 8. The van der Waals surface area contributed by atoms with Crippen molar-refractivity contribution in [1.29, 1.82) is 0 Å². The maximum atomic E-state index is 13.9. The van der Waals surface area contributed by atoms with Gasteiger partial charge in [-0.15, -0.1) is 0 Å². The first kappa shape index (κ1) is 62.3. The average Bonchev–Trinajstić information content (AvgIpc) is 3.26. The fourth-order valence-corrected chi connectivity index (χ4v) is 6.17. The number of hydrogen-bond acceptors (Lipinski definition) is 16. The summed E-state index contributed by atoms with van der Waals surface area (Å²) < 4.78 is 0. The molecule has 0 aliphatic heterocycles. The predicted octanol–water partition coefficient (Wildman–Crippen LogP) is -6.74. The van der Waals surface area contributed by atoms with Gasteiger partial charge in [-0.1, -0.05) is 13.8 Å². The molecule has 0 rings (SSSR count). The lowest BCUT2D eigenvalue weighted by molar-refractivity contribution is -0.145. The van der Waals surface area contributed by atoms with E-state index in [-0.39, 0.29) is 57.1 Å². The molecule has 0 fully saturated rings. The Balaban J connectivity index is 6.52. The Hall–Kier alpha value is -6.72. The van der Waals surface area contributed by atoms with Gasteiger partial charge >= 0.3 is 17.9 Å². The molecule has 8 amide bonds. The number of guanidine groups is 1. The monoisotopic (exact) mass is 990 g/mol. The normalized spacial score (nSPS) is 14.9. The predicted molar refractivity (Wildman–Crippen MR) is 243 cm³/mol. The number of aliphatic hydroxyl groups excluding tert-OH is 2. The number of hydrogen-bond donors (Lipinski definition) is 17. The van der Waals surface area contributed by atoms with Crippen molar-refractivity contribution in [2.45, 2.75) is 146 Å². The zero-order valence-corrected chi connectivity index (χ0v) is 39.2. The Morgan fingerprint density at radius 1 is 0.522 bits per heavy atom. The maximum absolute atomic E-state index is 13.9. The summed E-state index contributed by atoms with van der Waals surface area (Å²) in [6.07, 6.45) is -3.80. The van der Waals surface area contributed by atoms with Gasteiger partial charge in [0.05, 0.1) is 19.3 Å². The standard InChI is InChI=1S/C40H71N13O16/c1-19(2)16-26(47-28(56)17-42)37(66)52-27(18-54)38(67)46-20(3)32(61)48-24(10-12-29(57)58)34(63)51-25(11-13-30(59)60)35(64)49-22(8-5-6-14-41)33(62)50-23(9-7-15-45-40(43)44)36(65)53-31(21(4)55)39(68)69/h19-27,31,54-55H,5-18,41-42H2,1-4H3,(H,46,67)(H,47,56)(H,48,61)(H,49,64)(H,50,62)(H,51,63)(H,52,66)(H,53,65)(H,57,58)(H,59,60)(H,68,69)(H4,43,44,45)/t20-,21+,22-,23-,24-,25-,26-,27-,31-/m0/s1. The van der Waals surface area contributed by atoms with E-state index in [1.807, 2.05) is 0 Å². The van der Waals surface area contributed by atoms with Crippen LogP contribution in [0.1, 0.15) is 91.9 Å². The molecule has 0 unspecified atom stereocenters. The van der Waals surface area contributed by atoms with Crippen LogP contribution >= 0.6 is 0 Å². The van der Waals surface area contributed by atoms with Crippen LogP contribution in [0.3, 0.4) is 0 Å². The van der Waals surface area contributed by atoms with Gasteiger partial charge < -0.3 is 91.0 Å². The van der Waals surface area contributed by atoms with Gasteiger partial charge in [0.25, 0.3) is 0 Å². The molecule has 0 spiro atoms. The van der Waals surface area contributed by atoms with E-state index >= 15 is 0 Å². The molecule has 0 radical (unpaired) electrons. The van der Waals surface area contributed by atoms with E-state index in [4.69, 9.17) is 22.9 Å². The van der Waals surface area contributed by atoms with Crippen molar-refractivity contribution in [1.82, 2.24) is 42.5 Å². The number of nitrogens with two attached hydrogens (primary N) is 4. The number of nitrogens with zero attached hydrogens (tertiary/aromatic N) is 1. The van der Waals surface area contributed by atoms with E-state index < -0.39 is 158 Å². The molecule has 0 aliphatic carbocycles. The molecular formula is C40H71N13O16. The smallest absolute Gasteiger partial charge is 0.328 e. The Bertz CT molecular complexity index is 1800. The van der Waals surface area contributed by atoms with Crippen LogP contribution in [0, 0.1) is 5.92 Å². The number of aliphatic hydroxyl groups is 2. The lowest BCUT2D eigenvalue weighted by Gasteiger charge is -2.27. The summed E-state index contributed by atoms with van der Waals surface area (Å²) in [6, 6.07) is -12.6. The lowest BCUT2D eigenvalue weighted by Crippen LogP contribution is -2.60. The third kappa shape index (κ3) is 25.8. The van der Waals surface area contributed by atoms with E-state index in [0.717, 1.165) is 13.8 Å². The third-order valence-corrected chi connectivity index (χ3v) is 9.88. The van der Waals surface area contributed by atoms with Crippen LogP contribution < -0.4 is 65.5 Å². The van der Waals surface area contributed by atoms with Crippen LogP contribution in [0.2, 0.25) is 0 Å². The Morgan fingerprint density at radius 2 is 0.942 bits per heavy atom. The minimum Gasteiger partial charge on any atom is -0.481 e. The van der Waals surface area contributed by atoms with Gasteiger partial charge in [-0.05, 0) is 77.7 Å². The molecule has 69 heavy (non-hydrogen) atoms. The molecule has 0 aromatic rings. The summed E-state index contributed by atoms with van der Waals surface area (Å²) in [5.41, 5.74) is 21.7. The number of aliphatic carboxylic acids is 3. The molecule has 0 aromatic heterocycles. The van der Waals surface area contributed by atoms with E-state index in [0.29, 0.717) is 6.42 Å². The first-order valence-electron chi connectivity index (χ1n) is 22.1. The highest BCUT2D eigenvalue weighted by atomic mass is 16.4. The van der Waals surface area contributed by atoms with E-state index in [2.05, 4.69) is 47.5 Å². The summed E-state index contributed by atoms with van der Waals surface area (Å²) in [7, 11) is 0. The van der Waals surface area contributed by atoms with Crippen LogP contribution in [0.15, 0.2) is 4.99 Å². The van der Waals surface area contributed by atoms with Gasteiger partial charge in [-0.25, -0.2) is 4.79 Å². The molecule has 0 heterocycles. The van der Waals surface area contributed by atoms with Crippen molar-refractivity contribution in [2.24, 2.45) is 33.8 Å². The summed E-state index contributed by atoms with van der Waals surface area (Å²) in [4.78, 5) is 145. The van der Waals surface area contributed by atoms with Crippen molar-refractivity contribution >= 4 is 71.1 Å². The molecule has 0 aliphatic rings. The minimum atomic E-state index is -1.79. The molecule has 392 valence electrons. The lowest BCUT2D eigenvalue weighted by atomic mass is 10.0. The van der Waals surface area contributed by atoms with Crippen LogP contribution in [0.5, 0.6) is 0 Å². The van der Waals surface area contributed by atoms with Gasteiger partial charge in [-0.3, -0.25) is 52.9 Å². The van der Waals surface area contributed by atoms with Crippen LogP contribution in [-0.2, 0) is 52.7 Å². The Kier molecular flexibility index (Phi) is 29.7. The van der Waals surface area contributed by atoms with Gasteiger partial charge in [-0.2, -0.15) is 0 Å². The molecule has 0 saturated heterocycles. The first-order chi connectivity index (χ1) is 32.3. The number of carboxylic acid groups (broad SMARTS) is 3. The average molecular weight is 990 g/mol. The van der Waals surface area contributed by atoms with Crippen molar-refractivity contribution in [3.8, 4) is 0 Å². The molecule has 29 nitrogen and oxygen atoms in total. The van der Waals surface area contributed by atoms with Crippen LogP contribution in [-0.4, -0.2) is 177 Å². The van der Waals surface area contributed by atoms with Crippen molar-refractivity contribution < 1.29 is 78.3 Å². The summed E-state index contributed by atoms with van der Waals surface area (Å²) in [5.74, 6) is -12.8. The van der Waals surface area contributed by atoms with Crippen molar-refractivity contribution in [2.75, 3.05) is 26.2 Å². The van der Waals surface area contributed by atoms with E-state index in [1.165, 1.54) is 0 Å². The largest absolute Gasteiger partial charge is 0.481 e. The zero-order chi connectivity index (χ0) is 53.0. The second-order valence-electron chi connectivity index (χ2n) is 16.3. The fraction of sp³-hybridized carbons (Fsp3) is 0.700. The van der Waals surface area contributed by atoms with Crippen molar-refractivity contribution in [3.63, 3.8) is 0 Å². The molecule has 9 atom stereocenters. The Morgan fingerprint density at radius 3 is 1.35 bits per heavy atom. The van der Waals surface area contributed by atoms with Gasteiger partial charge in [0.1, 0.15) is 42.3 Å². The quantitative estimate of drug-likeness (QED) is 0.0159. The number of nitrogens with one attached hydrogen (secondary N) is 8. The highest BCUT2D eigenvalue weighted by Gasteiger charge is 2.35. The van der Waals surface area contributed by atoms with Gasteiger partial charge in [0.2, 0.25) is 47.3 Å². The maximum Gasteiger partial charge on any atom is 0.328 e. The van der Waals surface area contributed by atoms with Gasteiger partial charge in [0, 0.05) is 19.4 Å². The molecular weight excluding hydrogens is 919 g/mol. The molecule has 29 heteroatoms. The topological polar surface area (TPSA) is 502 Å². The van der Waals surface area contributed by atoms with Crippen molar-refractivity contribution in [3.05, 3.63) is 0 Å². The summed E-state index contributed by atoms with van der Waals surface area (Å²) >= 11 is 0. The number of aliphatic imine (C=N–C) groups is 1. The van der Waals surface area contributed by atoms with Crippen LogP contribution in [0.25, 0.3) is 0 Å². The Labute approximate surface area is 397 Å². The fourth-order valence-electron chi connectivity index (χ4n) is 6.17. The van der Waals surface area contributed by atoms with Gasteiger partial charge in [0.15, 0.2) is 12.0 Å². The number of rotatable bonds is 35.